The van der Waals surface area contributed by atoms with Gasteiger partial charge < -0.3 is 14.8 Å². The Hall–Kier alpha value is -0.910. The second-order valence-electron chi connectivity index (χ2n) is 4.78. The van der Waals surface area contributed by atoms with Gasteiger partial charge in [0.15, 0.2) is 0 Å². The van der Waals surface area contributed by atoms with E-state index < -0.39 is 0 Å². The van der Waals surface area contributed by atoms with Gasteiger partial charge in [-0.2, -0.15) is 5.10 Å². The fraction of sp³-hybridized carbons (Fsp3) is 0.786. The van der Waals surface area contributed by atoms with Gasteiger partial charge in [0.25, 0.3) is 0 Å². The molecule has 0 fully saturated rings. The normalized spacial score (nSPS) is 12.8. The van der Waals surface area contributed by atoms with Crippen LogP contribution in [0.2, 0.25) is 0 Å². The van der Waals surface area contributed by atoms with Crippen LogP contribution in [-0.4, -0.2) is 49.3 Å². The molecule has 0 saturated carbocycles. The SMILES string of the molecule is CCCNC(CCc1cnn(C)c1)COCCOC. The standard InChI is InChI=1S/C14H27N3O2/c1-4-7-15-14(12-19-9-8-18-3)6-5-13-10-16-17(2)11-13/h10-11,14-15H,4-9,12H2,1-3H3. The average molecular weight is 269 g/mol. The molecule has 0 aliphatic heterocycles. The Morgan fingerprint density at radius 2 is 2.26 bits per heavy atom. The number of hydrogen-bond donors (Lipinski definition) is 1. The molecule has 19 heavy (non-hydrogen) atoms. The van der Waals surface area contributed by atoms with Crippen molar-refractivity contribution in [1.29, 1.82) is 0 Å². The topological polar surface area (TPSA) is 48.3 Å². The number of aryl methyl sites for hydroxylation is 2. The summed E-state index contributed by atoms with van der Waals surface area (Å²) in [4.78, 5) is 0. The molecule has 0 amide bonds. The Balaban J connectivity index is 2.27. The number of aromatic nitrogens is 2. The van der Waals surface area contributed by atoms with Crippen molar-refractivity contribution in [3.05, 3.63) is 18.0 Å². The molecule has 5 nitrogen and oxygen atoms in total. The third-order valence-electron chi connectivity index (χ3n) is 2.97. The summed E-state index contributed by atoms with van der Waals surface area (Å²) in [6.07, 6.45) is 7.24. The van der Waals surface area contributed by atoms with Crippen LogP contribution in [0.5, 0.6) is 0 Å². The summed E-state index contributed by atoms with van der Waals surface area (Å²) < 4.78 is 12.4. The van der Waals surface area contributed by atoms with Crippen molar-refractivity contribution >= 4 is 0 Å². The highest BCUT2D eigenvalue weighted by Gasteiger charge is 2.09. The molecule has 0 spiro atoms. The number of nitrogens with one attached hydrogen (secondary N) is 1. The predicted molar refractivity (Wildman–Crippen MR) is 76.3 cm³/mol. The molecule has 1 aromatic heterocycles. The quantitative estimate of drug-likeness (QED) is 0.617. The van der Waals surface area contributed by atoms with Gasteiger partial charge in [-0.25, -0.2) is 0 Å². The van der Waals surface area contributed by atoms with Crippen molar-refractivity contribution in [2.45, 2.75) is 32.2 Å². The minimum Gasteiger partial charge on any atom is -0.382 e. The second-order valence-corrected chi connectivity index (χ2v) is 4.78. The monoisotopic (exact) mass is 269 g/mol. The van der Waals surface area contributed by atoms with Crippen LogP contribution in [0.3, 0.4) is 0 Å². The highest BCUT2D eigenvalue weighted by molar-refractivity contribution is 5.03. The zero-order chi connectivity index (χ0) is 13.9. The lowest BCUT2D eigenvalue weighted by molar-refractivity contribution is 0.0575. The van der Waals surface area contributed by atoms with E-state index in [1.807, 2.05) is 17.9 Å². The maximum Gasteiger partial charge on any atom is 0.0701 e. The largest absolute Gasteiger partial charge is 0.382 e. The van der Waals surface area contributed by atoms with Gasteiger partial charge in [-0.15, -0.1) is 0 Å². The van der Waals surface area contributed by atoms with Crippen LogP contribution in [0.15, 0.2) is 12.4 Å². The van der Waals surface area contributed by atoms with Crippen LogP contribution in [0.25, 0.3) is 0 Å². The van der Waals surface area contributed by atoms with E-state index in [1.165, 1.54) is 5.56 Å². The lowest BCUT2D eigenvalue weighted by atomic mass is 10.1. The highest BCUT2D eigenvalue weighted by Crippen LogP contribution is 2.05. The molecule has 5 heteroatoms. The van der Waals surface area contributed by atoms with E-state index >= 15 is 0 Å². The Morgan fingerprint density at radius 3 is 2.89 bits per heavy atom. The summed E-state index contributed by atoms with van der Waals surface area (Å²) in [6.45, 7) is 5.27. The molecule has 1 unspecified atom stereocenters. The number of ether oxygens (including phenoxy) is 2. The van der Waals surface area contributed by atoms with Gasteiger partial charge >= 0.3 is 0 Å². The Labute approximate surface area is 116 Å². The maximum atomic E-state index is 5.62. The van der Waals surface area contributed by atoms with E-state index in [0.29, 0.717) is 19.3 Å². The van der Waals surface area contributed by atoms with Crippen LogP contribution in [0.4, 0.5) is 0 Å². The van der Waals surface area contributed by atoms with Gasteiger partial charge in [0.05, 0.1) is 26.0 Å². The third-order valence-corrected chi connectivity index (χ3v) is 2.97. The predicted octanol–water partition coefficient (Wildman–Crippen LogP) is 1.38. The van der Waals surface area contributed by atoms with Gasteiger partial charge in [0.1, 0.15) is 0 Å². The second kappa shape index (κ2) is 9.95. The average Bonchev–Trinajstić information content (AvgIpc) is 2.82. The summed E-state index contributed by atoms with van der Waals surface area (Å²) in [5.41, 5.74) is 1.28. The van der Waals surface area contributed by atoms with Gasteiger partial charge in [-0.05, 0) is 31.4 Å². The van der Waals surface area contributed by atoms with Gasteiger partial charge in [-0.1, -0.05) is 6.92 Å². The number of hydrogen-bond acceptors (Lipinski definition) is 4. The van der Waals surface area contributed by atoms with Crippen molar-refractivity contribution in [3.63, 3.8) is 0 Å². The molecule has 0 aliphatic rings. The number of rotatable bonds is 11. The first kappa shape index (κ1) is 16.1. The molecule has 110 valence electrons. The first-order valence-electron chi connectivity index (χ1n) is 7.03. The number of methoxy groups -OCH3 is 1. The zero-order valence-electron chi connectivity index (χ0n) is 12.4. The summed E-state index contributed by atoms with van der Waals surface area (Å²) in [6, 6.07) is 0.400. The van der Waals surface area contributed by atoms with Gasteiger partial charge in [-0.3, -0.25) is 4.68 Å². The van der Waals surface area contributed by atoms with Crippen LogP contribution in [0, 0.1) is 0 Å². The summed E-state index contributed by atoms with van der Waals surface area (Å²) >= 11 is 0. The maximum absolute atomic E-state index is 5.62. The van der Waals surface area contributed by atoms with Crippen LogP contribution >= 0.6 is 0 Å². The molecule has 1 aromatic rings. The van der Waals surface area contributed by atoms with Crippen LogP contribution < -0.4 is 5.32 Å². The summed E-state index contributed by atoms with van der Waals surface area (Å²) in [7, 11) is 3.64. The summed E-state index contributed by atoms with van der Waals surface area (Å²) in [5.74, 6) is 0. The fourth-order valence-corrected chi connectivity index (χ4v) is 1.90. The molecule has 0 radical (unpaired) electrons. The smallest absolute Gasteiger partial charge is 0.0701 e. The molecule has 0 bridgehead atoms. The van der Waals surface area contributed by atoms with E-state index in [2.05, 4.69) is 23.5 Å². The van der Waals surface area contributed by atoms with Crippen molar-refractivity contribution in [2.75, 3.05) is 33.5 Å². The number of nitrogens with zero attached hydrogens (tertiary/aromatic N) is 2. The molecular weight excluding hydrogens is 242 g/mol. The Bertz CT molecular complexity index is 328. The zero-order valence-corrected chi connectivity index (χ0v) is 12.4. The third kappa shape index (κ3) is 7.30. The van der Waals surface area contributed by atoms with Gasteiger partial charge in [0.2, 0.25) is 0 Å². The summed E-state index contributed by atoms with van der Waals surface area (Å²) in [5, 5.41) is 7.72. The van der Waals surface area contributed by atoms with Crippen molar-refractivity contribution < 1.29 is 9.47 Å². The first-order chi connectivity index (χ1) is 9.26. The highest BCUT2D eigenvalue weighted by atomic mass is 16.5. The minimum atomic E-state index is 0.400. The molecule has 1 atom stereocenters. The molecule has 1 N–H and O–H groups in total. The van der Waals surface area contributed by atoms with Crippen molar-refractivity contribution in [3.8, 4) is 0 Å². The molecule has 1 heterocycles. The van der Waals surface area contributed by atoms with E-state index in [1.54, 1.807) is 7.11 Å². The molecule has 1 rings (SSSR count). The van der Waals surface area contributed by atoms with E-state index in [4.69, 9.17) is 9.47 Å². The van der Waals surface area contributed by atoms with Crippen molar-refractivity contribution in [2.24, 2.45) is 7.05 Å². The van der Waals surface area contributed by atoms with Crippen LogP contribution in [0.1, 0.15) is 25.3 Å². The Kier molecular flexibility index (Phi) is 8.45. The van der Waals surface area contributed by atoms with E-state index in [9.17, 15) is 0 Å². The molecule has 0 aromatic carbocycles. The van der Waals surface area contributed by atoms with Crippen molar-refractivity contribution in [1.82, 2.24) is 15.1 Å². The lowest BCUT2D eigenvalue weighted by Gasteiger charge is -2.18. The fourth-order valence-electron chi connectivity index (χ4n) is 1.90. The van der Waals surface area contributed by atoms with Gasteiger partial charge in [0, 0.05) is 26.4 Å². The molecule has 0 saturated heterocycles. The van der Waals surface area contributed by atoms with E-state index in [-0.39, 0.29) is 0 Å². The molecular formula is C14H27N3O2. The minimum absolute atomic E-state index is 0.400. The van der Waals surface area contributed by atoms with E-state index in [0.717, 1.165) is 32.4 Å². The first-order valence-corrected chi connectivity index (χ1v) is 7.03. The Morgan fingerprint density at radius 1 is 1.42 bits per heavy atom. The van der Waals surface area contributed by atoms with Crippen LogP contribution in [-0.2, 0) is 22.9 Å². The molecule has 0 aliphatic carbocycles. The lowest BCUT2D eigenvalue weighted by Crippen LogP contribution is -2.35.